The summed E-state index contributed by atoms with van der Waals surface area (Å²) in [6.07, 6.45) is 1.67. The van der Waals surface area contributed by atoms with Gasteiger partial charge in [-0.1, -0.05) is 48.0 Å². The van der Waals surface area contributed by atoms with Gasteiger partial charge in [-0.2, -0.15) is 0 Å². The second-order valence-corrected chi connectivity index (χ2v) is 5.53. The lowest BCUT2D eigenvalue weighted by atomic mass is 9.79. The number of pyridine rings is 1. The summed E-state index contributed by atoms with van der Waals surface area (Å²) in [5.74, 6) is 1.08. The Morgan fingerprint density at radius 1 is 0.909 bits per heavy atom. The molecule has 3 heteroatoms. The highest BCUT2D eigenvalue weighted by atomic mass is 16.5. The fourth-order valence-corrected chi connectivity index (χ4v) is 2.96. The van der Waals surface area contributed by atoms with Crippen LogP contribution in [-0.4, -0.2) is 10.1 Å². The number of hydrogen-bond donors (Lipinski definition) is 1. The maximum atomic E-state index is 11.6. The Morgan fingerprint density at radius 2 is 1.64 bits per heavy atom. The van der Waals surface area contributed by atoms with E-state index >= 15 is 0 Å². The van der Waals surface area contributed by atoms with Gasteiger partial charge in [0.05, 0.1) is 5.56 Å². The molecule has 1 aromatic heterocycles. The average Bonchev–Trinajstić information content (AvgIpc) is 2.56. The molecule has 22 heavy (non-hydrogen) atoms. The van der Waals surface area contributed by atoms with Crippen molar-refractivity contribution in [3.8, 4) is 11.6 Å². The molecular weight excluding hydrogens is 274 g/mol. The van der Waals surface area contributed by atoms with E-state index in [1.54, 1.807) is 6.20 Å². The summed E-state index contributed by atoms with van der Waals surface area (Å²) in [7, 11) is 0. The molecule has 0 radical (unpaired) electrons. The van der Waals surface area contributed by atoms with Gasteiger partial charge in [0.25, 0.3) is 0 Å². The van der Waals surface area contributed by atoms with Crippen LogP contribution in [0.25, 0.3) is 0 Å². The number of aromatic nitrogens is 1. The van der Waals surface area contributed by atoms with Crippen molar-refractivity contribution in [3.05, 3.63) is 89.1 Å². The molecular formula is C19H15NO2. The molecule has 0 aliphatic carbocycles. The van der Waals surface area contributed by atoms with Gasteiger partial charge in [-0.25, -0.2) is 4.98 Å². The van der Waals surface area contributed by atoms with Crippen LogP contribution < -0.4 is 4.74 Å². The van der Waals surface area contributed by atoms with Gasteiger partial charge in [0.1, 0.15) is 11.4 Å². The fourth-order valence-electron chi connectivity index (χ4n) is 2.96. The van der Waals surface area contributed by atoms with E-state index in [4.69, 9.17) is 4.74 Å². The number of ether oxygens (including phenoxy) is 1. The zero-order valence-corrected chi connectivity index (χ0v) is 12.2. The third kappa shape index (κ3) is 1.76. The van der Waals surface area contributed by atoms with Gasteiger partial charge in [-0.15, -0.1) is 0 Å². The van der Waals surface area contributed by atoms with Crippen LogP contribution in [0.4, 0.5) is 0 Å². The SMILES string of the molecule is Cc1ccc(C2(O)c3ccccc3Oc3ncccc32)cc1. The third-order valence-electron chi connectivity index (χ3n) is 4.11. The van der Waals surface area contributed by atoms with E-state index in [1.807, 2.05) is 67.6 Å². The first kappa shape index (κ1) is 13.0. The second-order valence-electron chi connectivity index (χ2n) is 5.53. The maximum Gasteiger partial charge on any atom is 0.226 e. The molecule has 0 bridgehead atoms. The van der Waals surface area contributed by atoms with E-state index in [0.717, 1.165) is 16.7 Å². The molecule has 3 aromatic rings. The molecule has 3 nitrogen and oxygen atoms in total. The van der Waals surface area contributed by atoms with Crippen LogP contribution in [-0.2, 0) is 5.60 Å². The predicted octanol–water partition coefficient (Wildman–Crippen LogP) is 3.78. The van der Waals surface area contributed by atoms with Gasteiger partial charge < -0.3 is 9.84 Å². The Labute approximate surface area is 128 Å². The van der Waals surface area contributed by atoms with Crippen molar-refractivity contribution in [2.45, 2.75) is 12.5 Å². The second kappa shape index (κ2) is 4.68. The molecule has 1 unspecified atom stereocenters. The molecule has 1 N–H and O–H groups in total. The number of nitrogens with zero attached hydrogens (tertiary/aromatic N) is 1. The van der Waals surface area contributed by atoms with E-state index in [1.165, 1.54) is 0 Å². The van der Waals surface area contributed by atoms with Gasteiger partial charge in [-0.3, -0.25) is 0 Å². The number of rotatable bonds is 1. The summed E-state index contributed by atoms with van der Waals surface area (Å²) in [5, 5.41) is 11.6. The van der Waals surface area contributed by atoms with Crippen LogP contribution in [0.5, 0.6) is 11.6 Å². The Morgan fingerprint density at radius 3 is 2.45 bits per heavy atom. The molecule has 0 saturated carbocycles. The Kier molecular flexibility index (Phi) is 2.78. The van der Waals surface area contributed by atoms with Crippen LogP contribution in [0.1, 0.15) is 22.3 Å². The van der Waals surface area contributed by atoms with Gasteiger partial charge >= 0.3 is 0 Å². The lowest BCUT2D eigenvalue weighted by molar-refractivity contribution is 0.111. The smallest absolute Gasteiger partial charge is 0.226 e. The highest BCUT2D eigenvalue weighted by Crippen LogP contribution is 2.48. The number of aliphatic hydroxyl groups is 1. The summed E-state index contributed by atoms with van der Waals surface area (Å²) >= 11 is 0. The van der Waals surface area contributed by atoms with Crippen molar-refractivity contribution in [2.24, 2.45) is 0 Å². The average molecular weight is 289 g/mol. The highest BCUT2D eigenvalue weighted by molar-refractivity contribution is 5.59. The lowest BCUT2D eigenvalue weighted by Gasteiger charge is -2.35. The monoisotopic (exact) mass is 289 g/mol. The molecule has 4 rings (SSSR count). The summed E-state index contributed by atoms with van der Waals surface area (Å²) in [5.41, 5.74) is 2.10. The lowest BCUT2D eigenvalue weighted by Crippen LogP contribution is -2.32. The van der Waals surface area contributed by atoms with E-state index < -0.39 is 5.60 Å². The minimum Gasteiger partial charge on any atom is -0.438 e. The normalized spacial score (nSPS) is 19.0. The number of hydrogen-bond acceptors (Lipinski definition) is 3. The van der Waals surface area contributed by atoms with Crippen molar-refractivity contribution in [1.29, 1.82) is 0 Å². The van der Waals surface area contributed by atoms with Crippen LogP contribution in [0.15, 0.2) is 66.9 Å². The Bertz CT molecular complexity index is 795. The minimum atomic E-state index is -1.26. The molecule has 1 aliphatic heterocycles. The molecule has 1 atom stereocenters. The van der Waals surface area contributed by atoms with Gasteiger partial charge in [0.15, 0.2) is 0 Å². The zero-order valence-electron chi connectivity index (χ0n) is 12.2. The molecule has 1 aliphatic rings. The quantitative estimate of drug-likeness (QED) is 0.741. The molecule has 2 aromatic carbocycles. The van der Waals surface area contributed by atoms with Gasteiger partial charge in [0.2, 0.25) is 5.88 Å². The number of fused-ring (bicyclic) bond motifs is 2. The topological polar surface area (TPSA) is 42.4 Å². The van der Waals surface area contributed by atoms with Crippen molar-refractivity contribution in [2.75, 3.05) is 0 Å². The number of para-hydroxylation sites is 1. The highest BCUT2D eigenvalue weighted by Gasteiger charge is 2.42. The first-order valence-corrected chi connectivity index (χ1v) is 7.22. The van der Waals surface area contributed by atoms with E-state index in [-0.39, 0.29) is 0 Å². The summed E-state index contributed by atoms with van der Waals surface area (Å²) in [4.78, 5) is 4.27. The summed E-state index contributed by atoms with van der Waals surface area (Å²) < 4.78 is 5.85. The molecule has 2 heterocycles. The van der Waals surface area contributed by atoms with E-state index in [9.17, 15) is 5.11 Å². The molecule has 0 fully saturated rings. The van der Waals surface area contributed by atoms with Crippen molar-refractivity contribution >= 4 is 0 Å². The van der Waals surface area contributed by atoms with Gasteiger partial charge in [0, 0.05) is 11.8 Å². The largest absolute Gasteiger partial charge is 0.438 e. The molecule has 0 spiro atoms. The Balaban J connectivity index is 2.03. The van der Waals surface area contributed by atoms with Crippen LogP contribution >= 0.6 is 0 Å². The predicted molar refractivity (Wildman–Crippen MR) is 84.0 cm³/mol. The van der Waals surface area contributed by atoms with E-state index in [2.05, 4.69) is 4.98 Å². The standard InChI is InChI=1S/C19H15NO2/c1-13-8-10-14(11-9-13)19(21)15-5-2-3-7-17(15)22-18-16(19)6-4-12-20-18/h2-12,21H,1H3. The first-order chi connectivity index (χ1) is 10.7. The summed E-state index contributed by atoms with van der Waals surface area (Å²) in [6.45, 7) is 2.03. The summed E-state index contributed by atoms with van der Waals surface area (Å²) in [6, 6.07) is 19.1. The molecule has 0 saturated heterocycles. The number of benzene rings is 2. The molecule has 0 amide bonds. The van der Waals surface area contributed by atoms with E-state index in [0.29, 0.717) is 17.2 Å². The molecule has 108 valence electrons. The van der Waals surface area contributed by atoms with Crippen molar-refractivity contribution < 1.29 is 9.84 Å². The Hall–Kier alpha value is -2.65. The zero-order chi connectivity index (χ0) is 15.2. The first-order valence-electron chi connectivity index (χ1n) is 7.22. The number of aryl methyl sites for hydroxylation is 1. The van der Waals surface area contributed by atoms with Crippen LogP contribution in [0.2, 0.25) is 0 Å². The fraction of sp³-hybridized carbons (Fsp3) is 0.105. The van der Waals surface area contributed by atoms with Gasteiger partial charge in [-0.05, 0) is 30.7 Å². The third-order valence-corrected chi connectivity index (χ3v) is 4.11. The van der Waals surface area contributed by atoms with Crippen molar-refractivity contribution in [1.82, 2.24) is 4.98 Å². The minimum absolute atomic E-state index is 0.448. The maximum absolute atomic E-state index is 11.6. The van der Waals surface area contributed by atoms with Crippen LogP contribution in [0.3, 0.4) is 0 Å². The van der Waals surface area contributed by atoms with Crippen LogP contribution in [0, 0.1) is 6.92 Å². The van der Waals surface area contributed by atoms with Crippen molar-refractivity contribution in [3.63, 3.8) is 0 Å².